The molecule has 0 radical (unpaired) electrons. The van der Waals surface area contributed by atoms with Crippen molar-refractivity contribution in [3.8, 4) is 0 Å². The third-order valence-corrected chi connectivity index (χ3v) is 2.94. The van der Waals surface area contributed by atoms with Crippen molar-refractivity contribution in [3.05, 3.63) is 35.9 Å². The Morgan fingerprint density at radius 1 is 1.22 bits per heavy atom. The Kier molecular flexibility index (Phi) is 3.32. The van der Waals surface area contributed by atoms with E-state index < -0.39 is 0 Å². The van der Waals surface area contributed by atoms with Gasteiger partial charge in [0.25, 0.3) is 0 Å². The molecule has 0 atom stereocenters. The molecule has 0 aliphatic rings. The standard InChI is InChI=1S/C7H7.ClH.Pt/c1-7-5-3-2-4-6-7;;/h2-6H,1H2;1H;/q;;-1/p-1. The zero-order chi connectivity index (χ0) is 6.53. The monoisotopic (exact) mass is 321 g/mol. The molecule has 0 N–H and O–H groups in total. The van der Waals surface area contributed by atoms with E-state index in [-0.39, 0.29) is 17.5 Å². The molecule has 0 heterocycles. The van der Waals surface area contributed by atoms with Crippen LogP contribution in [-0.4, -0.2) is 0 Å². The van der Waals surface area contributed by atoms with E-state index in [1.54, 1.807) is 0 Å². The van der Waals surface area contributed by atoms with Crippen LogP contribution in [0.15, 0.2) is 30.3 Å². The first-order valence-electron chi connectivity index (χ1n) is 2.61. The summed E-state index contributed by atoms with van der Waals surface area (Å²) in [5.41, 5.74) is 1.36. The van der Waals surface area contributed by atoms with E-state index in [2.05, 4.69) is 12.1 Å². The van der Waals surface area contributed by atoms with Gasteiger partial charge in [0.15, 0.2) is 0 Å². The Hall–Kier alpha value is 0.198. The van der Waals surface area contributed by atoms with Gasteiger partial charge in [-0.15, -0.1) is 0 Å². The van der Waals surface area contributed by atoms with Gasteiger partial charge in [-0.3, -0.25) is 0 Å². The minimum atomic E-state index is -0.107. The van der Waals surface area contributed by atoms with E-state index in [1.165, 1.54) is 5.56 Å². The van der Waals surface area contributed by atoms with Gasteiger partial charge in [0, 0.05) is 0 Å². The molecule has 9 heavy (non-hydrogen) atoms. The molecule has 0 aliphatic carbocycles. The molecule has 0 aliphatic heterocycles. The zero-order valence-electron chi connectivity index (χ0n) is 4.79. The average molecular weight is 322 g/mol. The Morgan fingerprint density at radius 2 is 1.89 bits per heavy atom. The third-order valence-electron chi connectivity index (χ3n) is 1.01. The van der Waals surface area contributed by atoms with Gasteiger partial charge >= 0.3 is 67.6 Å². The van der Waals surface area contributed by atoms with Crippen molar-refractivity contribution in [2.24, 2.45) is 0 Å². The van der Waals surface area contributed by atoms with Crippen molar-refractivity contribution in [1.82, 2.24) is 0 Å². The minimum absolute atomic E-state index is 0.107. The number of benzene rings is 1. The molecular formula is C7H7ClPt-2. The van der Waals surface area contributed by atoms with E-state index >= 15 is 0 Å². The average Bonchev–Trinajstić information content (AvgIpc) is 1.91. The summed E-state index contributed by atoms with van der Waals surface area (Å²) in [5.74, 6) is 0. The summed E-state index contributed by atoms with van der Waals surface area (Å²) in [7, 11) is 5.65. The van der Waals surface area contributed by atoms with Crippen LogP contribution >= 0.6 is 9.42 Å². The van der Waals surface area contributed by atoms with Crippen LogP contribution in [0.2, 0.25) is 0 Å². The molecule has 0 fully saturated rings. The van der Waals surface area contributed by atoms with Crippen LogP contribution in [0.1, 0.15) is 5.56 Å². The quantitative estimate of drug-likeness (QED) is 0.785. The molecular weight excluding hydrogens is 315 g/mol. The first kappa shape index (κ1) is 7.31. The summed E-state index contributed by atoms with van der Waals surface area (Å²) in [4.78, 5) is 1.09. The van der Waals surface area contributed by atoms with Crippen molar-refractivity contribution in [2.45, 2.75) is 4.81 Å². The summed E-state index contributed by atoms with van der Waals surface area (Å²) in [5, 5.41) is 0. The van der Waals surface area contributed by atoms with E-state index in [4.69, 9.17) is 9.42 Å². The van der Waals surface area contributed by atoms with E-state index in [1.807, 2.05) is 18.2 Å². The maximum atomic E-state index is 5.65. The Balaban J connectivity index is 2.61. The van der Waals surface area contributed by atoms with Crippen LogP contribution in [0.4, 0.5) is 0 Å². The van der Waals surface area contributed by atoms with Crippen LogP contribution in [0.3, 0.4) is 0 Å². The third kappa shape index (κ3) is 2.51. The second-order valence-corrected chi connectivity index (χ2v) is 4.48. The van der Waals surface area contributed by atoms with Gasteiger partial charge in [0.1, 0.15) is 0 Å². The fourth-order valence-electron chi connectivity index (χ4n) is 0.601. The normalized spacial score (nSPS) is 9.89. The van der Waals surface area contributed by atoms with Crippen LogP contribution in [0.5, 0.6) is 0 Å². The van der Waals surface area contributed by atoms with Gasteiger partial charge < -0.3 is 0 Å². The van der Waals surface area contributed by atoms with Crippen molar-refractivity contribution in [1.29, 1.82) is 0 Å². The van der Waals surface area contributed by atoms with Gasteiger partial charge in [-0.1, -0.05) is 0 Å². The van der Waals surface area contributed by atoms with Gasteiger partial charge in [0.2, 0.25) is 0 Å². The van der Waals surface area contributed by atoms with Crippen molar-refractivity contribution < 1.29 is 17.5 Å². The van der Waals surface area contributed by atoms with Gasteiger partial charge in [-0.05, 0) is 0 Å². The Bertz CT molecular complexity index is 162. The van der Waals surface area contributed by atoms with Crippen LogP contribution in [-0.2, 0) is 22.3 Å². The van der Waals surface area contributed by atoms with E-state index in [9.17, 15) is 0 Å². The second kappa shape index (κ2) is 4.08. The number of rotatable bonds is 2. The van der Waals surface area contributed by atoms with Crippen molar-refractivity contribution in [2.75, 3.05) is 0 Å². The zero-order valence-corrected chi connectivity index (χ0v) is 7.82. The van der Waals surface area contributed by atoms with Crippen LogP contribution in [0, 0.1) is 0 Å². The summed E-state index contributed by atoms with van der Waals surface area (Å²) in [6.45, 7) is 0. The Morgan fingerprint density at radius 3 is 2.44 bits per heavy atom. The summed E-state index contributed by atoms with van der Waals surface area (Å²) in [6, 6.07) is 10.3. The molecule has 0 amide bonds. The molecule has 0 nitrogen and oxygen atoms in total. The first-order chi connectivity index (χ1) is 4.43. The maximum absolute atomic E-state index is 5.65. The molecule has 1 rings (SSSR count). The summed E-state index contributed by atoms with van der Waals surface area (Å²) in [6.07, 6.45) is 0. The van der Waals surface area contributed by atoms with Gasteiger partial charge in [-0.25, -0.2) is 0 Å². The Labute approximate surface area is 67.7 Å². The molecule has 1 aromatic rings. The predicted octanol–water partition coefficient (Wildman–Crippen LogP) is 2.42. The van der Waals surface area contributed by atoms with Gasteiger partial charge in [-0.2, -0.15) is 0 Å². The van der Waals surface area contributed by atoms with Crippen LogP contribution < -0.4 is 0 Å². The molecule has 2 heteroatoms. The number of hydrogen-bond acceptors (Lipinski definition) is 0. The number of halogens is 1. The fourth-order valence-corrected chi connectivity index (χ4v) is 2.29. The second-order valence-electron chi connectivity index (χ2n) is 1.68. The molecule has 54 valence electrons. The molecule has 1 aromatic carbocycles. The molecule has 0 saturated heterocycles. The topological polar surface area (TPSA) is 0 Å². The fraction of sp³-hybridized carbons (Fsp3) is 0.143. The predicted molar refractivity (Wildman–Crippen MR) is 36.0 cm³/mol. The molecule has 0 unspecified atom stereocenters. The van der Waals surface area contributed by atoms with Crippen molar-refractivity contribution in [3.63, 3.8) is 0 Å². The van der Waals surface area contributed by atoms with Crippen LogP contribution in [0.25, 0.3) is 0 Å². The molecule has 0 bridgehead atoms. The van der Waals surface area contributed by atoms with Gasteiger partial charge in [0.05, 0.1) is 0 Å². The summed E-state index contributed by atoms with van der Waals surface area (Å²) >= 11 is -0.107. The number of hydrogen-bond donors (Lipinski definition) is 0. The van der Waals surface area contributed by atoms with E-state index in [0.29, 0.717) is 0 Å². The summed E-state index contributed by atoms with van der Waals surface area (Å²) < 4.78 is 0. The molecule has 0 spiro atoms. The van der Waals surface area contributed by atoms with E-state index in [0.717, 1.165) is 4.81 Å². The first-order valence-corrected chi connectivity index (χ1v) is 7.03. The molecule has 0 aromatic heterocycles. The SMILES string of the molecule is [Cl][Pt-2][CH2]c1ccccc1. The molecule has 0 saturated carbocycles. The van der Waals surface area contributed by atoms with Crippen molar-refractivity contribution >= 4 is 9.42 Å².